The van der Waals surface area contributed by atoms with Crippen molar-refractivity contribution in [3.63, 3.8) is 0 Å². The zero-order valence-electron chi connectivity index (χ0n) is 12.5. The maximum atomic E-state index is 11.9. The largest absolute Gasteiger partial charge is 0.389 e. The van der Waals surface area contributed by atoms with Crippen molar-refractivity contribution in [2.75, 3.05) is 5.32 Å². The molecule has 0 fully saturated rings. The number of halogens is 1. The van der Waals surface area contributed by atoms with Crippen molar-refractivity contribution in [3.8, 4) is 0 Å². The van der Waals surface area contributed by atoms with Crippen LogP contribution in [0.15, 0.2) is 18.2 Å². The summed E-state index contributed by atoms with van der Waals surface area (Å²) in [5.41, 5.74) is 6.84. The van der Waals surface area contributed by atoms with E-state index in [1.807, 2.05) is 0 Å². The van der Waals surface area contributed by atoms with Crippen LogP contribution in [0.5, 0.6) is 0 Å². The van der Waals surface area contributed by atoms with Gasteiger partial charge in [-0.15, -0.1) is 0 Å². The summed E-state index contributed by atoms with van der Waals surface area (Å²) in [6.07, 6.45) is 7.46. The lowest BCUT2D eigenvalue weighted by Crippen LogP contribution is -2.14. The maximum Gasteiger partial charge on any atom is 0.224 e. The predicted octanol–water partition coefficient (Wildman–Crippen LogP) is 4.66. The quantitative estimate of drug-likeness (QED) is 0.512. The zero-order valence-corrected chi connectivity index (χ0v) is 14.0. The van der Waals surface area contributed by atoms with E-state index in [-0.39, 0.29) is 10.9 Å². The number of nitrogens with two attached hydrogens (primary N) is 1. The molecule has 0 spiro atoms. The molecule has 3 nitrogen and oxygen atoms in total. The Bertz CT molecular complexity index is 491. The lowest BCUT2D eigenvalue weighted by Gasteiger charge is -2.09. The Morgan fingerprint density at radius 2 is 1.90 bits per heavy atom. The normalized spacial score (nSPS) is 10.4. The predicted molar refractivity (Wildman–Crippen MR) is 94.0 cm³/mol. The van der Waals surface area contributed by atoms with Gasteiger partial charge in [-0.05, 0) is 18.6 Å². The number of rotatable bonds is 9. The first-order chi connectivity index (χ1) is 10.0. The van der Waals surface area contributed by atoms with E-state index in [0.29, 0.717) is 22.7 Å². The van der Waals surface area contributed by atoms with Crippen molar-refractivity contribution >= 4 is 40.4 Å². The van der Waals surface area contributed by atoms with Crippen LogP contribution in [0.3, 0.4) is 0 Å². The van der Waals surface area contributed by atoms with Crippen LogP contribution >= 0.6 is 23.8 Å². The van der Waals surface area contributed by atoms with Gasteiger partial charge in [0, 0.05) is 12.0 Å². The second kappa shape index (κ2) is 9.74. The fourth-order valence-corrected chi connectivity index (χ4v) is 2.34. The van der Waals surface area contributed by atoms with Crippen molar-refractivity contribution in [1.82, 2.24) is 0 Å². The van der Waals surface area contributed by atoms with Crippen LogP contribution < -0.4 is 11.1 Å². The molecule has 0 unspecified atom stereocenters. The smallest absolute Gasteiger partial charge is 0.224 e. The molecule has 0 atom stereocenters. The number of unbranched alkanes of at least 4 members (excludes halogenated alkanes) is 5. The summed E-state index contributed by atoms with van der Waals surface area (Å²) in [5.74, 6) is -0.0209. The highest BCUT2D eigenvalue weighted by molar-refractivity contribution is 7.80. The molecule has 0 aliphatic rings. The minimum atomic E-state index is -0.0209. The van der Waals surface area contributed by atoms with Gasteiger partial charge in [0.2, 0.25) is 5.91 Å². The second-order valence-corrected chi connectivity index (χ2v) is 5.97. The molecule has 1 rings (SSSR count). The molecule has 5 heteroatoms. The van der Waals surface area contributed by atoms with E-state index >= 15 is 0 Å². The highest BCUT2D eigenvalue weighted by atomic mass is 35.5. The van der Waals surface area contributed by atoms with E-state index in [4.69, 9.17) is 29.6 Å². The van der Waals surface area contributed by atoms with E-state index in [1.165, 1.54) is 25.7 Å². The summed E-state index contributed by atoms with van der Waals surface area (Å²) >= 11 is 11.0. The molecule has 0 radical (unpaired) electrons. The van der Waals surface area contributed by atoms with Gasteiger partial charge in [-0.2, -0.15) is 0 Å². The number of nitrogens with one attached hydrogen (secondary N) is 1. The summed E-state index contributed by atoms with van der Waals surface area (Å²) in [4.78, 5) is 12.2. The maximum absolute atomic E-state index is 11.9. The fourth-order valence-electron chi connectivity index (χ4n) is 2.05. The Morgan fingerprint density at radius 1 is 1.24 bits per heavy atom. The molecule has 1 aromatic rings. The van der Waals surface area contributed by atoms with Gasteiger partial charge >= 0.3 is 0 Å². The van der Waals surface area contributed by atoms with Crippen LogP contribution in [-0.4, -0.2) is 10.9 Å². The van der Waals surface area contributed by atoms with Crippen molar-refractivity contribution in [3.05, 3.63) is 28.8 Å². The molecular formula is C16H23ClN2OS. The first kappa shape index (κ1) is 17.9. The molecule has 0 saturated carbocycles. The Morgan fingerprint density at radius 3 is 2.57 bits per heavy atom. The number of anilines is 1. The Balaban J connectivity index is 2.40. The minimum absolute atomic E-state index is 0.0209. The standard InChI is InChI=1S/C16H23ClN2OS/c1-2-3-4-5-6-7-8-15(20)19-14-11-12(16(18)21)9-10-13(14)17/h9-11H,2-8H2,1H3,(H2,18,21)(H,19,20). The molecule has 0 heterocycles. The summed E-state index contributed by atoms with van der Waals surface area (Å²) in [5, 5.41) is 3.31. The zero-order chi connectivity index (χ0) is 15.7. The molecule has 21 heavy (non-hydrogen) atoms. The summed E-state index contributed by atoms with van der Waals surface area (Å²) in [6, 6.07) is 5.15. The number of hydrogen-bond acceptors (Lipinski definition) is 2. The van der Waals surface area contributed by atoms with Gasteiger partial charge < -0.3 is 11.1 Å². The van der Waals surface area contributed by atoms with Gasteiger partial charge in [0.1, 0.15) is 4.99 Å². The fraction of sp³-hybridized carbons (Fsp3) is 0.500. The van der Waals surface area contributed by atoms with Crippen molar-refractivity contribution < 1.29 is 4.79 Å². The number of carbonyl (C=O) groups is 1. The van der Waals surface area contributed by atoms with Gasteiger partial charge in [0.05, 0.1) is 10.7 Å². The molecular weight excluding hydrogens is 304 g/mol. The van der Waals surface area contributed by atoms with Crippen LogP contribution in [0.2, 0.25) is 5.02 Å². The minimum Gasteiger partial charge on any atom is -0.389 e. The Hall–Kier alpha value is -1.13. The SMILES string of the molecule is CCCCCCCCC(=O)Nc1cc(C(N)=S)ccc1Cl. The second-order valence-electron chi connectivity index (χ2n) is 5.12. The van der Waals surface area contributed by atoms with Crippen LogP contribution in [0, 0.1) is 0 Å². The third-order valence-electron chi connectivity index (χ3n) is 3.28. The number of benzene rings is 1. The first-order valence-electron chi connectivity index (χ1n) is 7.43. The van der Waals surface area contributed by atoms with Crippen molar-refractivity contribution in [2.45, 2.75) is 51.9 Å². The molecule has 0 aliphatic heterocycles. The van der Waals surface area contributed by atoms with Gasteiger partial charge in [-0.3, -0.25) is 4.79 Å². The Labute approximate surface area is 137 Å². The molecule has 0 bridgehead atoms. The number of thiocarbonyl (C=S) groups is 1. The van der Waals surface area contributed by atoms with Crippen LogP contribution in [-0.2, 0) is 4.79 Å². The van der Waals surface area contributed by atoms with E-state index in [2.05, 4.69) is 12.2 Å². The van der Waals surface area contributed by atoms with E-state index in [9.17, 15) is 4.79 Å². The van der Waals surface area contributed by atoms with E-state index in [1.54, 1.807) is 18.2 Å². The van der Waals surface area contributed by atoms with Crippen LogP contribution in [0.1, 0.15) is 57.4 Å². The van der Waals surface area contributed by atoms with E-state index in [0.717, 1.165) is 12.8 Å². The highest BCUT2D eigenvalue weighted by Crippen LogP contribution is 2.23. The molecule has 0 saturated heterocycles. The lowest BCUT2D eigenvalue weighted by atomic mass is 10.1. The highest BCUT2D eigenvalue weighted by Gasteiger charge is 2.08. The number of hydrogen-bond donors (Lipinski definition) is 2. The number of amides is 1. The Kier molecular flexibility index (Phi) is 8.31. The van der Waals surface area contributed by atoms with Crippen molar-refractivity contribution in [1.29, 1.82) is 0 Å². The third-order valence-corrected chi connectivity index (χ3v) is 3.85. The topological polar surface area (TPSA) is 55.1 Å². The average molecular weight is 327 g/mol. The average Bonchev–Trinajstić information content (AvgIpc) is 2.44. The van der Waals surface area contributed by atoms with Crippen LogP contribution in [0.4, 0.5) is 5.69 Å². The molecule has 0 aromatic heterocycles. The molecule has 3 N–H and O–H groups in total. The van der Waals surface area contributed by atoms with Crippen molar-refractivity contribution in [2.24, 2.45) is 5.73 Å². The van der Waals surface area contributed by atoms with Gasteiger partial charge in [0.25, 0.3) is 0 Å². The first-order valence-corrected chi connectivity index (χ1v) is 8.22. The summed E-state index contributed by atoms with van der Waals surface area (Å²) in [6.45, 7) is 2.19. The summed E-state index contributed by atoms with van der Waals surface area (Å²) < 4.78 is 0. The molecule has 1 amide bonds. The lowest BCUT2D eigenvalue weighted by molar-refractivity contribution is -0.116. The third kappa shape index (κ3) is 6.91. The molecule has 1 aromatic carbocycles. The molecule has 0 aliphatic carbocycles. The van der Waals surface area contributed by atoms with Crippen LogP contribution in [0.25, 0.3) is 0 Å². The van der Waals surface area contributed by atoms with Gasteiger partial charge in [-0.1, -0.05) is 68.9 Å². The summed E-state index contributed by atoms with van der Waals surface area (Å²) in [7, 11) is 0. The molecule has 116 valence electrons. The monoisotopic (exact) mass is 326 g/mol. The van der Waals surface area contributed by atoms with Gasteiger partial charge in [0.15, 0.2) is 0 Å². The van der Waals surface area contributed by atoms with Gasteiger partial charge in [-0.25, -0.2) is 0 Å². The number of carbonyl (C=O) groups excluding carboxylic acids is 1. The van der Waals surface area contributed by atoms with E-state index < -0.39 is 0 Å².